The van der Waals surface area contributed by atoms with E-state index >= 15 is 0 Å². The molecule has 2 aromatic heterocycles. The molecule has 3 rings (SSSR count). The van der Waals surface area contributed by atoms with Gasteiger partial charge in [-0.1, -0.05) is 6.42 Å². The molecule has 0 spiro atoms. The molecule has 1 aliphatic rings. The Morgan fingerprint density at radius 1 is 1.11 bits per heavy atom. The summed E-state index contributed by atoms with van der Waals surface area (Å²) in [6.45, 7) is 6.41. The maximum absolute atomic E-state index is 4.58. The second-order valence-corrected chi connectivity index (χ2v) is 6.20. The molecule has 0 aliphatic heterocycles. The molecule has 0 atom stereocenters. The molecular weight excluding hydrogens is 254 g/mol. The van der Waals surface area contributed by atoms with Crippen LogP contribution in [-0.2, 0) is 12.8 Å². The van der Waals surface area contributed by atoms with Gasteiger partial charge >= 0.3 is 0 Å². The van der Waals surface area contributed by atoms with E-state index in [9.17, 15) is 0 Å². The van der Waals surface area contributed by atoms with Crippen LogP contribution in [0.5, 0.6) is 0 Å². The molecule has 0 aromatic carbocycles. The highest BCUT2D eigenvalue weighted by molar-refractivity contribution is 7.18. The number of hydrogen-bond acceptors (Lipinski definition) is 4. The summed E-state index contributed by atoms with van der Waals surface area (Å²) in [6, 6.07) is 0. The van der Waals surface area contributed by atoms with Crippen LogP contribution < -0.4 is 4.90 Å². The van der Waals surface area contributed by atoms with Crippen LogP contribution in [0, 0.1) is 0 Å². The summed E-state index contributed by atoms with van der Waals surface area (Å²) in [7, 11) is 0. The molecule has 3 nitrogen and oxygen atoms in total. The minimum absolute atomic E-state index is 1.01. The van der Waals surface area contributed by atoms with Gasteiger partial charge < -0.3 is 4.90 Å². The third-order valence-electron chi connectivity index (χ3n) is 4.04. The van der Waals surface area contributed by atoms with Crippen LogP contribution in [0.1, 0.15) is 43.6 Å². The van der Waals surface area contributed by atoms with E-state index in [0.29, 0.717) is 0 Å². The lowest BCUT2D eigenvalue weighted by Gasteiger charge is -2.20. The van der Waals surface area contributed by atoms with Crippen molar-refractivity contribution in [2.45, 2.75) is 46.0 Å². The summed E-state index contributed by atoms with van der Waals surface area (Å²) in [6.07, 6.45) is 8.16. The first kappa shape index (κ1) is 12.9. The average molecular weight is 275 g/mol. The predicted molar refractivity (Wildman–Crippen MR) is 82.2 cm³/mol. The molecule has 0 N–H and O–H groups in total. The lowest BCUT2D eigenvalue weighted by molar-refractivity contribution is 0.713. The highest BCUT2D eigenvalue weighted by Crippen LogP contribution is 2.38. The Morgan fingerprint density at radius 3 is 2.68 bits per heavy atom. The quantitative estimate of drug-likeness (QED) is 0.798. The number of aromatic nitrogens is 2. The van der Waals surface area contributed by atoms with Crippen molar-refractivity contribution in [2.75, 3.05) is 18.0 Å². The number of thiophene rings is 1. The van der Waals surface area contributed by atoms with Gasteiger partial charge in [-0.15, -0.1) is 11.3 Å². The van der Waals surface area contributed by atoms with Crippen LogP contribution in [0.3, 0.4) is 0 Å². The van der Waals surface area contributed by atoms with Gasteiger partial charge in [0.2, 0.25) is 0 Å². The van der Waals surface area contributed by atoms with E-state index in [-0.39, 0.29) is 0 Å². The number of hydrogen-bond donors (Lipinski definition) is 0. The zero-order chi connectivity index (χ0) is 13.2. The van der Waals surface area contributed by atoms with Crippen molar-refractivity contribution in [3.63, 3.8) is 0 Å². The number of rotatable bonds is 3. The van der Waals surface area contributed by atoms with Crippen LogP contribution in [0.2, 0.25) is 0 Å². The zero-order valence-corrected chi connectivity index (χ0v) is 12.6. The maximum Gasteiger partial charge on any atom is 0.141 e. The van der Waals surface area contributed by atoms with Crippen LogP contribution in [0.4, 0.5) is 5.82 Å². The fraction of sp³-hybridized carbons (Fsp3) is 0.600. The highest BCUT2D eigenvalue weighted by atomic mass is 32.1. The highest BCUT2D eigenvalue weighted by Gasteiger charge is 2.20. The molecule has 0 bridgehead atoms. The molecule has 102 valence electrons. The van der Waals surface area contributed by atoms with Gasteiger partial charge in [-0.3, -0.25) is 0 Å². The Kier molecular flexibility index (Phi) is 3.69. The summed E-state index contributed by atoms with van der Waals surface area (Å²) in [5, 5.41) is 1.34. The molecular formula is C15H21N3S. The fourth-order valence-corrected chi connectivity index (χ4v) is 4.24. The Balaban J connectivity index is 2.20. The van der Waals surface area contributed by atoms with E-state index in [1.165, 1.54) is 42.3 Å². The first-order valence-electron chi connectivity index (χ1n) is 7.35. The van der Waals surface area contributed by atoms with Crippen LogP contribution in [0.25, 0.3) is 10.2 Å². The average Bonchev–Trinajstić information content (AvgIpc) is 2.63. The standard InChI is InChI=1S/C15H21N3S/c1-3-18(4-2)14-13-11-8-6-5-7-9-12(11)19-15(13)17-10-16-14/h10H,3-9H2,1-2H3. The molecule has 2 aromatic rings. The SMILES string of the molecule is CCN(CC)c1ncnc2sc3c(c12)CCCCC3. The smallest absolute Gasteiger partial charge is 0.141 e. The Labute approximate surface area is 118 Å². The van der Waals surface area contributed by atoms with Crippen molar-refractivity contribution in [1.29, 1.82) is 0 Å². The van der Waals surface area contributed by atoms with Crippen LogP contribution >= 0.6 is 11.3 Å². The second-order valence-electron chi connectivity index (χ2n) is 5.11. The third-order valence-corrected chi connectivity index (χ3v) is 5.24. The summed E-state index contributed by atoms with van der Waals surface area (Å²) in [5.74, 6) is 1.15. The van der Waals surface area contributed by atoms with Gasteiger partial charge in [-0.05, 0) is 45.1 Å². The predicted octanol–water partition coefficient (Wildman–Crippen LogP) is 3.81. The number of nitrogens with zero attached hydrogens (tertiary/aromatic N) is 3. The summed E-state index contributed by atoms with van der Waals surface area (Å²) >= 11 is 1.89. The lowest BCUT2D eigenvalue weighted by atomic mass is 10.1. The summed E-state index contributed by atoms with van der Waals surface area (Å²) in [5.41, 5.74) is 1.54. The maximum atomic E-state index is 4.58. The lowest BCUT2D eigenvalue weighted by Crippen LogP contribution is -2.23. The van der Waals surface area contributed by atoms with Crippen molar-refractivity contribution in [3.8, 4) is 0 Å². The van der Waals surface area contributed by atoms with Crippen molar-refractivity contribution in [2.24, 2.45) is 0 Å². The van der Waals surface area contributed by atoms with Crippen LogP contribution in [0.15, 0.2) is 6.33 Å². The normalized spacial score (nSPS) is 15.3. The van der Waals surface area contributed by atoms with E-state index < -0.39 is 0 Å². The minimum atomic E-state index is 1.01. The molecule has 1 aliphatic carbocycles. The molecule has 4 heteroatoms. The fourth-order valence-electron chi connectivity index (χ4n) is 3.01. The van der Waals surface area contributed by atoms with Crippen molar-refractivity contribution < 1.29 is 0 Å². The van der Waals surface area contributed by atoms with Crippen LogP contribution in [-0.4, -0.2) is 23.1 Å². The Hall–Kier alpha value is -1.16. The molecule has 0 fully saturated rings. The molecule has 0 amide bonds. The van der Waals surface area contributed by atoms with E-state index in [2.05, 4.69) is 28.7 Å². The minimum Gasteiger partial charge on any atom is -0.357 e. The number of fused-ring (bicyclic) bond motifs is 3. The largest absolute Gasteiger partial charge is 0.357 e. The molecule has 0 saturated carbocycles. The molecule has 19 heavy (non-hydrogen) atoms. The second kappa shape index (κ2) is 5.45. The van der Waals surface area contributed by atoms with E-state index in [0.717, 1.165) is 18.9 Å². The number of aryl methyl sites for hydroxylation is 2. The summed E-state index contributed by atoms with van der Waals surface area (Å²) in [4.78, 5) is 14.2. The van der Waals surface area contributed by atoms with Gasteiger partial charge in [-0.2, -0.15) is 0 Å². The Bertz CT molecular complexity index is 572. The van der Waals surface area contributed by atoms with Crippen molar-refractivity contribution >= 4 is 27.4 Å². The molecule has 0 radical (unpaired) electrons. The summed E-state index contributed by atoms with van der Waals surface area (Å²) < 4.78 is 0. The number of anilines is 1. The van der Waals surface area contributed by atoms with Gasteiger partial charge in [0, 0.05) is 18.0 Å². The molecule has 2 heterocycles. The van der Waals surface area contributed by atoms with E-state index in [4.69, 9.17) is 0 Å². The van der Waals surface area contributed by atoms with Gasteiger partial charge in [0.15, 0.2) is 0 Å². The van der Waals surface area contributed by atoms with Crippen molar-refractivity contribution in [1.82, 2.24) is 9.97 Å². The third kappa shape index (κ3) is 2.22. The van der Waals surface area contributed by atoms with E-state index in [1.54, 1.807) is 16.8 Å². The topological polar surface area (TPSA) is 29.0 Å². The monoisotopic (exact) mass is 275 g/mol. The first-order valence-corrected chi connectivity index (χ1v) is 8.17. The van der Waals surface area contributed by atoms with Gasteiger partial charge in [0.05, 0.1) is 5.39 Å². The molecule has 0 unspecified atom stereocenters. The molecule has 0 saturated heterocycles. The van der Waals surface area contributed by atoms with E-state index in [1.807, 2.05) is 11.3 Å². The van der Waals surface area contributed by atoms with Gasteiger partial charge in [0.1, 0.15) is 17.0 Å². The van der Waals surface area contributed by atoms with Crippen molar-refractivity contribution in [3.05, 3.63) is 16.8 Å². The van der Waals surface area contributed by atoms with Gasteiger partial charge in [0.25, 0.3) is 0 Å². The Morgan fingerprint density at radius 2 is 1.89 bits per heavy atom. The van der Waals surface area contributed by atoms with Gasteiger partial charge in [-0.25, -0.2) is 9.97 Å². The first-order chi connectivity index (χ1) is 9.35. The zero-order valence-electron chi connectivity index (χ0n) is 11.8.